The molecule has 20 heavy (non-hydrogen) atoms. The molecule has 4 nitrogen and oxygen atoms in total. The zero-order valence-corrected chi connectivity index (χ0v) is 11.6. The average Bonchev–Trinajstić information content (AvgIpc) is 2.95. The lowest BCUT2D eigenvalue weighted by Crippen LogP contribution is -2.02. The highest BCUT2D eigenvalue weighted by atomic mass is 35.5. The van der Waals surface area contributed by atoms with Gasteiger partial charge < -0.3 is 19.3 Å². The monoisotopic (exact) mass is 292 g/mol. The normalized spacial score (nSPS) is 14.2. The molecule has 0 saturated carbocycles. The molecule has 1 atom stereocenters. The Morgan fingerprint density at radius 2 is 2.05 bits per heavy atom. The van der Waals surface area contributed by atoms with E-state index in [2.05, 4.69) is 0 Å². The number of methoxy groups -OCH3 is 1. The lowest BCUT2D eigenvalue weighted by Gasteiger charge is -2.15. The standard InChI is InChI=1S/C15H13ClO4/c1-18-12-5-3-2-4-10(12)14(17)9-6-11(16)15-13(7-9)19-8-20-15/h2-7,14,17H,8H2,1H3. The first-order valence-electron chi connectivity index (χ1n) is 6.10. The summed E-state index contributed by atoms with van der Waals surface area (Å²) in [6.07, 6.45) is -0.849. The predicted molar refractivity (Wildman–Crippen MR) is 74.6 cm³/mol. The number of aliphatic hydroxyl groups excluding tert-OH is 1. The number of hydrogen-bond donors (Lipinski definition) is 1. The minimum atomic E-state index is -0.849. The van der Waals surface area contributed by atoms with E-state index in [0.29, 0.717) is 33.4 Å². The maximum absolute atomic E-state index is 10.5. The van der Waals surface area contributed by atoms with Crippen LogP contribution < -0.4 is 14.2 Å². The van der Waals surface area contributed by atoms with Crippen LogP contribution in [0.15, 0.2) is 36.4 Å². The molecule has 5 heteroatoms. The highest BCUT2D eigenvalue weighted by Crippen LogP contribution is 2.42. The highest BCUT2D eigenvalue weighted by molar-refractivity contribution is 6.32. The van der Waals surface area contributed by atoms with Crippen molar-refractivity contribution < 1.29 is 19.3 Å². The number of rotatable bonds is 3. The number of halogens is 1. The smallest absolute Gasteiger partial charge is 0.231 e. The predicted octanol–water partition coefficient (Wildman–Crippen LogP) is 3.16. The van der Waals surface area contributed by atoms with Gasteiger partial charge in [0.2, 0.25) is 6.79 Å². The number of para-hydroxylation sites is 1. The van der Waals surface area contributed by atoms with Crippen LogP contribution in [0.4, 0.5) is 0 Å². The summed E-state index contributed by atoms with van der Waals surface area (Å²) in [5.74, 6) is 1.68. The van der Waals surface area contributed by atoms with Crippen LogP contribution >= 0.6 is 11.6 Å². The second kappa shape index (κ2) is 5.23. The minimum absolute atomic E-state index is 0.142. The molecule has 1 unspecified atom stereocenters. The maximum atomic E-state index is 10.5. The van der Waals surface area contributed by atoms with Crippen LogP contribution in [0.1, 0.15) is 17.2 Å². The van der Waals surface area contributed by atoms with Gasteiger partial charge in [-0.3, -0.25) is 0 Å². The van der Waals surface area contributed by atoms with Crippen molar-refractivity contribution in [2.24, 2.45) is 0 Å². The molecule has 1 N–H and O–H groups in total. The molecule has 0 aliphatic carbocycles. The number of aliphatic hydroxyl groups is 1. The Morgan fingerprint density at radius 3 is 2.85 bits per heavy atom. The topological polar surface area (TPSA) is 47.9 Å². The second-order valence-corrected chi connectivity index (χ2v) is 4.79. The van der Waals surface area contributed by atoms with Gasteiger partial charge in [-0.25, -0.2) is 0 Å². The van der Waals surface area contributed by atoms with Gasteiger partial charge in [0.25, 0.3) is 0 Å². The van der Waals surface area contributed by atoms with Gasteiger partial charge in [-0.2, -0.15) is 0 Å². The van der Waals surface area contributed by atoms with Gasteiger partial charge in [0.05, 0.1) is 12.1 Å². The zero-order valence-electron chi connectivity index (χ0n) is 10.8. The molecule has 104 valence electrons. The number of hydrogen-bond acceptors (Lipinski definition) is 4. The molecule has 1 heterocycles. The van der Waals surface area contributed by atoms with E-state index >= 15 is 0 Å². The SMILES string of the molecule is COc1ccccc1C(O)c1cc(Cl)c2c(c1)OCO2. The second-order valence-electron chi connectivity index (χ2n) is 4.38. The Morgan fingerprint density at radius 1 is 1.25 bits per heavy atom. The van der Waals surface area contributed by atoms with Crippen molar-refractivity contribution in [3.8, 4) is 17.2 Å². The molecule has 0 fully saturated rings. The molecule has 1 aliphatic heterocycles. The molecule has 3 rings (SSSR count). The van der Waals surface area contributed by atoms with E-state index in [4.69, 9.17) is 25.8 Å². The van der Waals surface area contributed by atoms with Crippen LogP contribution in [0, 0.1) is 0 Å². The summed E-state index contributed by atoms with van der Waals surface area (Å²) in [7, 11) is 1.57. The first kappa shape index (κ1) is 13.1. The summed E-state index contributed by atoms with van der Waals surface area (Å²) < 4.78 is 15.8. The molecule has 0 saturated heterocycles. The first-order chi connectivity index (χ1) is 9.70. The van der Waals surface area contributed by atoms with E-state index in [-0.39, 0.29) is 6.79 Å². The van der Waals surface area contributed by atoms with E-state index in [1.807, 2.05) is 18.2 Å². The lowest BCUT2D eigenvalue weighted by molar-refractivity contribution is 0.173. The lowest BCUT2D eigenvalue weighted by atomic mass is 10.00. The van der Waals surface area contributed by atoms with Crippen molar-refractivity contribution in [1.82, 2.24) is 0 Å². The quantitative estimate of drug-likeness (QED) is 0.944. The summed E-state index contributed by atoms with van der Waals surface area (Å²) in [5.41, 5.74) is 1.30. The van der Waals surface area contributed by atoms with Crippen LogP contribution in [-0.4, -0.2) is 19.0 Å². The van der Waals surface area contributed by atoms with Crippen molar-refractivity contribution in [3.63, 3.8) is 0 Å². The van der Waals surface area contributed by atoms with Crippen LogP contribution in [0.5, 0.6) is 17.2 Å². The first-order valence-corrected chi connectivity index (χ1v) is 6.48. The van der Waals surface area contributed by atoms with Gasteiger partial charge in [-0.05, 0) is 23.8 Å². The Bertz CT molecular complexity index is 642. The van der Waals surface area contributed by atoms with Crippen LogP contribution in [0.25, 0.3) is 0 Å². The fourth-order valence-electron chi connectivity index (χ4n) is 2.22. The molecule has 0 bridgehead atoms. The molecular formula is C15H13ClO4. The molecule has 1 aliphatic rings. The van der Waals surface area contributed by atoms with Crippen molar-refractivity contribution in [2.45, 2.75) is 6.10 Å². The largest absolute Gasteiger partial charge is 0.496 e. The fraction of sp³-hybridized carbons (Fsp3) is 0.200. The molecule has 2 aromatic carbocycles. The summed E-state index contributed by atoms with van der Waals surface area (Å²) >= 11 is 6.13. The van der Waals surface area contributed by atoms with E-state index in [9.17, 15) is 5.11 Å². The minimum Gasteiger partial charge on any atom is -0.496 e. The van der Waals surface area contributed by atoms with Crippen LogP contribution in [-0.2, 0) is 0 Å². The Labute approximate surface area is 121 Å². The molecule has 0 radical (unpaired) electrons. The van der Waals surface area contributed by atoms with E-state index < -0.39 is 6.10 Å². The molecule has 2 aromatic rings. The van der Waals surface area contributed by atoms with Crippen molar-refractivity contribution >= 4 is 11.6 Å². The summed E-state index contributed by atoms with van der Waals surface area (Å²) in [4.78, 5) is 0. The molecule has 0 amide bonds. The van der Waals surface area contributed by atoms with Crippen molar-refractivity contribution in [2.75, 3.05) is 13.9 Å². The summed E-state index contributed by atoms with van der Waals surface area (Å²) in [6.45, 7) is 0.142. The molecule has 0 spiro atoms. The van der Waals surface area contributed by atoms with Crippen molar-refractivity contribution in [3.05, 3.63) is 52.5 Å². The maximum Gasteiger partial charge on any atom is 0.231 e. The summed E-state index contributed by atoms with van der Waals surface area (Å²) in [6, 6.07) is 10.7. The van der Waals surface area contributed by atoms with Gasteiger partial charge in [0.15, 0.2) is 11.5 Å². The van der Waals surface area contributed by atoms with E-state index in [1.165, 1.54) is 0 Å². The average molecular weight is 293 g/mol. The number of benzene rings is 2. The number of fused-ring (bicyclic) bond motifs is 1. The van der Waals surface area contributed by atoms with Gasteiger partial charge in [0, 0.05) is 5.56 Å². The van der Waals surface area contributed by atoms with Crippen molar-refractivity contribution in [1.29, 1.82) is 0 Å². The fourth-order valence-corrected chi connectivity index (χ4v) is 2.49. The van der Waals surface area contributed by atoms with E-state index in [1.54, 1.807) is 25.3 Å². The van der Waals surface area contributed by atoms with Gasteiger partial charge in [-0.15, -0.1) is 0 Å². The third-order valence-electron chi connectivity index (χ3n) is 3.20. The molecular weight excluding hydrogens is 280 g/mol. The Hall–Kier alpha value is -1.91. The molecule has 0 aromatic heterocycles. The highest BCUT2D eigenvalue weighted by Gasteiger charge is 2.22. The van der Waals surface area contributed by atoms with Gasteiger partial charge >= 0.3 is 0 Å². The van der Waals surface area contributed by atoms with Gasteiger partial charge in [-0.1, -0.05) is 29.8 Å². The van der Waals surface area contributed by atoms with Gasteiger partial charge in [0.1, 0.15) is 11.9 Å². The van der Waals surface area contributed by atoms with Crippen LogP contribution in [0.2, 0.25) is 5.02 Å². The third-order valence-corrected chi connectivity index (χ3v) is 3.48. The van der Waals surface area contributed by atoms with E-state index in [0.717, 1.165) is 0 Å². The Kier molecular flexibility index (Phi) is 3.42. The third kappa shape index (κ3) is 2.17. The summed E-state index contributed by atoms with van der Waals surface area (Å²) in [5, 5.41) is 10.9. The zero-order chi connectivity index (χ0) is 14.1. The van der Waals surface area contributed by atoms with Crippen LogP contribution in [0.3, 0.4) is 0 Å². The Balaban J connectivity index is 2.02. The number of ether oxygens (including phenoxy) is 3.